The lowest BCUT2D eigenvalue weighted by Crippen LogP contribution is -2.23. The molecular weight excluding hydrogens is 376 g/mol. The maximum Gasteiger partial charge on any atom is 0.229 e. The molecule has 0 radical (unpaired) electrons. The molecule has 3 aromatic heterocycles. The van der Waals surface area contributed by atoms with Crippen molar-refractivity contribution in [3.63, 3.8) is 0 Å². The van der Waals surface area contributed by atoms with Crippen LogP contribution in [0.4, 0.5) is 5.82 Å². The van der Waals surface area contributed by atoms with Crippen molar-refractivity contribution in [3.05, 3.63) is 72.1 Å². The fourth-order valence-corrected chi connectivity index (χ4v) is 4.25. The predicted octanol–water partition coefficient (Wildman–Crippen LogP) is 4.02. The van der Waals surface area contributed by atoms with Crippen molar-refractivity contribution < 1.29 is 4.79 Å². The Hall–Kier alpha value is -3.48. The number of aromatic amines is 1. The first kappa shape index (κ1) is 18.5. The van der Waals surface area contributed by atoms with Crippen LogP contribution in [0.3, 0.4) is 0 Å². The van der Waals surface area contributed by atoms with Gasteiger partial charge in [-0.2, -0.15) is 5.10 Å². The molecule has 4 aromatic rings. The van der Waals surface area contributed by atoms with E-state index in [4.69, 9.17) is 0 Å². The van der Waals surface area contributed by atoms with Crippen molar-refractivity contribution in [2.75, 3.05) is 5.32 Å². The third-order valence-corrected chi connectivity index (χ3v) is 5.93. The van der Waals surface area contributed by atoms with Crippen LogP contribution in [0.25, 0.3) is 10.9 Å². The van der Waals surface area contributed by atoms with Crippen molar-refractivity contribution in [2.24, 2.45) is 0 Å². The zero-order chi connectivity index (χ0) is 20.5. The van der Waals surface area contributed by atoms with Crippen molar-refractivity contribution >= 4 is 22.6 Å². The van der Waals surface area contributed by atoms with E-state index in [-0.39, 0.29) is 5.91 Å². The van der Waals surface area contributed by atoms with E-state index in [9.17, 15) is 4.79 Å². The molecule has 2 N–H and O–H groups in total. The number of nitrogens with one attached hydrogen (secondary N) is 2. The summed E-state index contributed by atoms with van der Waals surface area (Å²) >= 11 is 0. The average Bonchev–Trinajstić information content (AvgIpc) is 3.36. The number of hydrogen-bond donors (Lipinski definition) is 2. The van der Waals surface area contributed by atoms with Gasteiger partial charge in [0.05, 0.1) is 11.9 Å². The van der Waals surface area contributed by atoms with Gasteiger partial charge in [0.15, 0.2) is 5.82 Å². The summed E-state index contributed by atoms with van der Waals surface area (Å²) in [6, 6.07) is 11.8. The summed E-state index contributed by atoms with van der Waals surface area (Å²) in [4.78, 5) is 21.3. The molecule has 1 fully saturated rings. The van der Waals surface area contributed by atoms with Crippen LogP contribution in [0.2, 0.25) is 0 Å². The number of anilines is 1. The van der Waals surface area contributed by atoms with Gasteiger partial charge in [-0.3, -0.25) is 14.9 Å². The molecule has 0 bridgehead atoms. The van der Waals surface area contributed by atoms with E-state index in [0.29, 0.717) is 24.1 Å². The minimum atomic E-state index is -0.0762. The van der Waals surface area contributed by atoms with E-state index in [2.05, 4.69) is 37.0 Å². The Morgan fingerprint density at radius 3 is 2.93 bits per heavy atom. The Morgan fingerprint density at radius 1 is 1.17 bits per heavy atom. The smallest absolute Gasteiger partial charge is 0.229 e. The van der Waals surface area contributed by atoms with Gasteiger partial charge in [0.1, 0.15) is 5.82 Å². The molecule has 7 heteroatoms. The number of carbonyl (C=O) groups excluding carboxylic acids is 1. The fraction of sp³-hybridized carbons (Fsp3) is 0.304. The number of amides is 1. The Bertz CT molecular complexity index is 1190. The quantitative estimate of drug-likeness (QED) is 0.512. The first-order valence-corrected chi connectivity index (χ1v) is 10.4. The van der Waals surface area contributed by atoms with Gasteiger partial charge in [-0.1, -0.05) is 12.1 Å². The van der Waals surface area contributed by atoms with Gasteiger partial charge in [0.2, 0.25) is 5.91 Å². The fourth-order valence-electron chi connectivity index (χ4n) is 4.25. The van der Waals surface area contributed by atoms with Gasteiger partial charge in [-0.25, -0.2) is 4.98 Å². The van der Waals surface area contributed by atoms with E-state index < -0.39 is 0 Å². The second-order valence-electron chi connectivity index (χ2n) is 7.90. The van der Waals surface area contributed by atoms with Gasteiger partial charge in [-0.05, 0) is 43.5 Å². The minimum absolute atomic E-state index is 0.0762. The molecule has 152 valence electrons. The molecule has 1 aromatic carbocycles. The van der Waals surface area contributed by atoms with Crippen molar-refractivity contribution in [1.29, 1.82) is 0 Å². The van der Waals surface area contributed by atoms with Crippen LogP contribution >= 0.6 is 0 Å². The first-order valence-electron chi connectivity index (χ1n) is 10.4. The first-order chi connectivity index (χ1) is 14.7. The number of H-pyrrole nitrogens is 1. The molecule has 0 unspecified atom stereocenters. The second kappa shape index (κ2) is 7.74. The number of rotatable bonds is 6. The van der Waals surface area contributed by atoms with E-state index >= 15 is 0 Å². The SMILES string of the molecule is CCn1ccnc1[C@H]1C[C@@H](c2cc(NC(=O)Cc3ccc4ncccc4c3)n[nH]2)C1. The van der Waals surface area contributed by atoms with E-state index in [1.807, 2.05) is 48.8 Å². The summed E-state index contributed by atoms with van der Waals surface area (Å²) in [6.45, 7) is 3.09. The number of imidazole rings is 1. The monoisotopic (exact) mass is 400 g/mol. The number of benzene rings is 1. The van der Waals surface area contributed by atoms with Crippen LogP contribution < -0.4 is 5.32 Å². The van der Waals surface area contributed by atoms with Crippen LogP contribution in [0, 0.1) is 0 Å². The second-order valence-corrected chi connectivity index (χ2v) is 7.90. The van der Waals surface area contributed by atoms with Crippen LogP contribution in [0.5, 0.6) is 0 Å². The Kier molecular flexibility index (Phi) is 4.78. The molecule has 5 rings (SSSR count). The molecule has 0 aliphatic heterocycles. The molecule has 3 heterocycles. The zero-order valence-corrected chi connectivity index (χ0v) is 16.9. The number of aromatic nitrogens is 5. The van der Waals surface area contributed by atoms with Crippen LogP contribution in [-0.2, 0) is 17.8 Å². The summed E-state index contributed by atoms with van der Waals surface area (Å²) in [7, 11) is 0. The number of aryl methyl sites for hydroxylation is 1. The lowest BCUT2D eigenvalue weighted by molar-refractivity contribution is -0.115. The Balaban J connectivity index is 1.18. The molecule has 1 saturated carbocycles. The number of carbonyl (C=O) groups is 1. The number of pyridine rings is 1. The highest BCUT2D eigenvalue weighted by molar-refractivity contribution is 5.92. The predicted molar refractivity (Wildman–Crippen MR) is 115 cm³/mol. The standard InChI is InChI=1S/C23H24N6O/c1-2-29-9-8-25-23(29)18-12-17(13-18)20-14-21(28-27-20)26-22(30)11-15-5-6-19-16(10-15)4-3-7-24-19/h3-10,14,17-18H,2,11-13H2,1H3,(H2,26,27,28,30)/t17-,18+. The largest absolute Gasteiger partial charge is 0.335 e. The van der Waals surface area contributed by atoms with Crippen LogP contribution in [0.1, 0.15) is 48.7 Å². The van der Waals surface area contributed by atoms with Crippen molar-refractivity contribution in [3.8, 4) is 0 Å². The van der Waals surface area contributed by atoms with Crippen molar-refractivity contribution in [1.82, 2.24) is 24.7 Å². The number of fused-ring (bicyclic) bond motifs is 1. The molecular formula is C23H24N6O. The van der Waals surface area contributed by atoms with Gasteiger partial charge in [0, 0.05) is 54.1 Å². The third kappa shape index (κ3) is 3.58. The molecule has 0 spiro atoms. The lowest BCUT2D eigenvalue weighted by atomic mass is 9.73. The van der Waals surface area contributed by atoms with Gasteiger partial charge in [0.25, 0.3) is 0 Å². The molecule has 1 amide bonds. The van der Waals surface area contributed by atoms with Gasteiger partial charge >= 0.3 is 0 Å². The Morgan fingerprint density at radius 2 is 2.07 bits per heavy atom. The number of hydrogen-bond acceptors (Lipinski definition) is 4. The third-order valence-electron chi connectivity index (χ3n) is 5.93. The average molecular weight is 400 g/mol. The summed E-state index contributed by atoms with van der Waals surface area (Å²) in [6.07, 6.45) is 8.10. The van der Waals surface area contributed by atoms with Gasteiger partial charge < -0.3 is 9.88 Å². The summed E-state index contributed by atoms with van der Waals surface area (Å²) < 4.78 is 2.21. The summed E-state index contributed by atoms with van der Waals surface area (Å²) in [5.41, 5.74) is 2.96. The molecule has 30 heavy (non-hydrogen) atoms. The van der Waals surface area contributed by atoms with Crippen LogP contribution in [-0.4, -0.2) is 30.6 Å². The number of nitrogens with zero attached hydrogens (tertiary/aromatic N) is 4. The van der Waals surface area contributed by atoms with Gasteiger partial charge in [-0.15, -0.1) is 0 Å². The maximum atomic E-state index is 12.5. The summed E-state index contributed by atoms with van der Waals surface area (Å²) in [5, 5.41) is 11.3. The highest BCUT2D eigenvalue weighted by Gasteiger charge is 2.35. The summed E-state index contributed by atoms with van der Waals surface area (Å²) in [5.74, 6) is 2.60. The molecule has 1 aliphatic carbocycles. The maximum absolute atomic E-state index is 12.5. The lowest BCUT2D eigenvalue weighted by Gasteiger charge is -2.34. The molecule has 1 aliphatic rings. The zero-order valence-electron chi connectivity index (χ0n) is 16.9. The normalized spacial score (nSPS) is 18.3. The Labute approximate surface area is 174 Å². The molecule has 7 nitrogen and oxygen atoms in total. The molecule has 0 saturated heterocycles. The van der Waals surface area contributed by atoms with Crippen molar-refractivity contribution in [2.45, 2.75) is 44.6 Å². The van der Waals surface area contributed by atoms with E-state index in [1.165, 1.54) is 5.82 Å². The van der Waals surface area contributed by atoms with E-state index in [0.717, 1.165) is 41.5 Å². The topological polar surface area (TPSA) is 88.5 Å². The highest BCUT2D eigenvalue weighted by atomic mass is 16.1. The molecule has 0 atom stereocenters. The van der Waals surface area contributed by atoms with Crippen LogP contribution in [0.15, 0.2) is 55.0 Å². The highest BCUT2D eigenvalue weighted by Crippen LogP contribution is 2.46. The minimum Gasteiger partial charge on any atom is -0.335 e. The van der Waals surface area contributed by atoms with E-state index in [1.54, 1.807) is 6.20 Å².